The van der Waals surface area contributed by atoms with Crippen LogP contribution in [-0.4, -0.2) is 11.2 Å². The van der Waals surface area contributed by atoms with E-state index in [1.165, 1.54) is 6.42 Å². The van der Waals surface area contributed by atoms with Crippen LogP contribution in [0.5, 0.6) is 5.75 Å². The first-order valence-electron chi connectivity index (χ1n) is 8.96. The van der Waals surface area contributed by atoms with Gasteiger partial charge in [0, 0.05) is 18.9 Å². The lowest BCUT2D eigenvalue weighted by Gasteiger charge is -2.09. The van der Waals surface area contributed by atoms with Gasteiger partial charge in [-0.25, -0.2) is 0 Å². The zero-order valence-electron chi connectivity index (χ0n) is 15.5. The standard InChI is InChI=1S/C19H18N2O.C3H8.H2/c1-3-21-18-8-6-5-7-16(18)17(13-20)19(21)14-9-11-15(12-10-14)22-4-2;1-3-2;/h5-12H,3-4H2,1-2H3;3H2,1-2H3;1H. The van der Waals surface area contributed by atoms with Crippen molar-refractivity contribution in [2.45, 2.75) is 40.7 Å². The summed E-state index contributed by atoms with van der Waals surface area (Å²) in [4.78, 5) is 0. The lowest BCUT2D eigenvalue weighted by molar-refractivity contribution is 0.340. The second-order valence-corrected chi connectivity index (χ2v) is 5.76. The highest BCUT2D eigenvalue weighted by atomic mass is 16.5. The summed E-state index contributed by atoms with van der Waals surface area (Å²) in [7, 11) is 0. The fourth-order valence-corrected chi connectivity index (χ4v) is 2.92. The summed E-state index contributed by atoms with van der Waals surface area (Å²) in [6, 6.07) is 18.4. The highest BCUT2D eigenvalue weighted by Gasteiger charge is 2.17. The topological polar surface area (TPSA) is 37.9 Å². The number of ether oxygens (including phenoxy) is 1. The van der Waals surface area contributed by atoms with E-state index in [0.717, 1.165) is 40.0 Å². The smallest absolute Gasteiger partial charge is 0.119 e. The zero-order valence-corrected chi connectivity index (χ0v) is 15.5. The van der Waals surface area contributed by atoms with Crippen LogP contribution in [0.15, 0.2) is 48.5 Å². The Kier molecular flexibility index (Phi) is 6.65. The summed E-state index contributed by atoms with van der Waals surface area (Å²) in [6.07, 6.45) is 1.25. The summed E-state index contributed by atoms with van der Waals surface area (Å²) in [5, 5.41) is 10.6. The van der Waals surface area contributed by atoms with Gasteiger partial charge < -0.3 is 9.30 Å². The molecule has 3 nitrogen and oxygen atoms in total. The number of aryl methyl sites for hydroxylation is 1. The zero-order chi connectivity index (χ0) is 18.2. The lowest BCUT2D eigenvalue weighted by Crippen LogP contribution is -1.98. The summed E-state index contributed by atoms with van der Waals surface area (Å²) in [5.74, 6) is 0.851. The first-order chi connectivity index (χ1) is 12.2. The van der Waals surface area contributed by atoms with Crippen molar-refractivity contribution in [2.75, 3.05) is 6.61 Å². The molecule has 1 aromatic heterocycles. The minimum atomic E-state index is 0. The predicted molar refractivity (Wildman–Crippen MR) is 107 cm³/mol. The lowest BCUT2D eigenvalue weighted by atomic mass is 10.1. The highest BCUT2D eigenvalue weighted by Crippen LogP contribution is 2.34. The predicted octanol–water partition coefficient (Wildman–Crippen LogP) is 6.26. The number of hydrogen-bond donors (Lipinski definition) is 0. The normalized spacial score (nSPS) is 10.0. The maximum atomic E-state index is 9.64. The molecule has 0 amide bonds. The molecule has 0 aliphatic rings. The van der Waals surface area contributed by atoms with Gasteiger partial charge in [-0.3, -0.25) is 0 Å². The van der Waals surface area contributed by atoms with Crippen molar-refractivity contribution in [1.82, 2.24) is 4.57 Å². The molecule has 3 aromatic rings. The van der Waals surface area contributed by atoms with Gasteiger partial charge in [0.15, 0.2) is 0 Å². The summed E-state index contributed by atoms with van der Waals surface area (Å²) in [5.41, 5.74) is 3.86. The van der Waals surface area contributed by atoms with E-state index < -0.39 is 0 Å². The van der Waals surface area contributed by atoms with Crippen LogP contribution in [-0.2, 0) is 6.54 Å². The molecule has 1 heterocycles. The van der Waals surface area contributed by atoms with Crippen LogP contribution in [0.3, 0.4) is 0 Å². The molecular formula is C22H28N2O. The molecule has 3 heteroatoms. The van der Waals surface area contributed by atoms with Gasteiger partial charge in [0.05, 0.1) is 17.9 Å². The third-order valence-electron chi connectivity index (χ3n) is 3.84. The Balaban J connectivity index is 0.000000791. The summed E-state index contributed by atoms with van der Waals surface area (Å²) >= 11 is 0. The molecule has 0 saturated heterocycles. The van der Waals surface area contributed by atoms with Gasteiger partial charge in [0.25, 0.3) is 0 Å². The molecule has 0 unspecified atom stereocenters. The molecule has 0 N–H and O–H groups in total. The molecule has 132 valence electrons. The Morgan fingerprint density at radius 3 is 2.20 bits per heavy atom. The molecule has 0 fully saturated rings. The van der Waals surface area contributed by atoms with Crippen molar-refractivity contribution in [2.24, 2.45) is 0 Å². The van der Waals surface area contributed by atoms with Crippen LogP contribution in [0.4, 0.5) is 0 Å². The first-order valence-corrected chi connectivity index (χ1v) is 8.96. The molecule has 25 heavy (non-hydrogen) atoms. The number of hydrogen-bond acceptors (Lipinski definition) is 2. The molecule has 0 radical (unpaired) electrons. The number of fused-ring (bicyclic) bond motifs is 1. The van der Waals surface area contributed by atoms with Gasteiger partial charge in [0.1, 0.15) is 11.8 Å². The number of para-hydroxylation sites is 1. The van der Waals surface area contributed by atoms with E-state index in [1.807, 2.05) is 49.4 Å². The average Bonchev–Trinajstić information content (AvgIpc) is 2.97. The van der Waals surface area contributed by atoms with E-state index >= 15 is 0 Å². The second kappa shape index (κ2) is 8.94. The van der Waals surface area contributed by atoms with Crippen LogP contribution in [0, 0.1) is 11.3 Å². The highest BCUT2D eigenvalue weighted by molar-refractivity contribution is 5.94. The number of rotatable bonds is 4. The van der Waals surface area contributed by atoms with Crippen LogP contribution < -0.4 is 4.74 Å². The Morgan fingerprint density at radius 2 is 1.64 bits per heavy atom. The van der Waals surface area contributed by atoms with Gasteiger partial charge in [-0.2, -0.15) is 5.26 Å². The van der Waals surface area contributed by atoms with Crippen molar-refractivity contribution in [1.29, 1.82) is 5.26 Å². The van der Waals surface area contributed by atoms with Gasteiger partial charge in [0.2, 0.25) is 0 Å². The van der Waals surface area contributed by atoms with E-state index in [9.17, 15) is 5.26 Å². The monoisotopic (exact) mass is 336 g/mol. The van der Waals surface area contributed by atoms with Crippen molar-refractivity contribution < 1.29 is 6.16 Å². The van der Waals surface area contributed by atoms with Crippen molar-refractivity contribution in [3.63, 3.8) is 0 Å². The molecule has 0 atom stereocenters. The Morgan fingerprint density at radius 1 is 1.00 bits per heavy atom. The van der Waals surface area contributed by atoms with Gasteiger partial charge in [-0.15, -0.1) is 0 Å². The van der Waals surface area contributed by atoms with E-state index in [4.69, 9.17) is 4.74 Å². The van der Waals surface area contributed by atoms with Crippen molar-refractivity contribution in [3.8, 4) is 23.1 Å². The minimum Gasteiger partial charge on any atom is -0.494 e. The number of nitriles is 1. The molecule has 3 rings (SSSR count). The Labute approximate surface area is 152 Å². The maximum absolute atomic E-state index is 9.64. The van der Waals surface area contributed by atoms with Gasteiger partial charge >= 0.3 is 0 Å². The third-order valence-corrected chi connectivity index (χ3v) is 3.84. The number of nitrogens with zero attached hydrogens (tertiary/aromatic N) is 2. The van der Waals surface area contributed by atoms with Crippen LogP contribution >= 0.6 is 0 Å². The minimum absolute atomic E-state index is 0. The third kappa shape index (κ3) is 3.85. The molecule has 0 bridgehead atoms. The van der Waals surface area contributed by atoms with E-state index in [2.05, 4.69) is 37.5 Å². The fourth-order valence-electron chi connectivity index (χ4n) is 2.92. The number of aromatic nitrogens is 1. The molecule has 0 aliphatic heterocycles. The molecule has 0 saturated carbocycles. The molecule has 0 aliphatic carbocycles. The van der Waals surface area contributed by atoms with Crippen LogP contribution in [0.1, 0.15) is 41.1 Å². The van der Waals surface area contributed by atoms with E-state index in [0.29, 0.717) is 6.61 Å². The molecular weight excluding hydrogens is 308 g/mol. The quantitative estimate of drug-likeness (QED) is 0.564. The Bertz CT molecular complexity index is 860. The van der Waals surface area contributed by atoms with Crippen LogP contribution in [0.25, 0.3) is 22.2 Å². The summed E-state index contributed by atoms with van der Waals surface area (Å²) in [6.45, 7) is 9.80. The van der Waals surface area contributed by atoms with Crippen molar-refractivity contribution >= 4 is 10.9 Å². The van der Waals surface area contributed by atoms with Crippen molar-refractivity contribution in [3.05, 3.63) is 54.1 Å². The largest absolute Gasteiger partial charge is 0.494 e. The first kappa shape index (κ1) is 18.6. The number of benzene rings is 2. The Hall–Kier alpha value is -2.73. The second-order valence-electron chi connectivity index (χ2n) is 5.76. The SMILES string of the molecule is CCC.CCOc1ccc(-c2c(C#N)c3ccccc3n2CC)cc1.[HH]. The molecule has 2 aromatic carbocycles. The van der Waals surface area contributed by atoms with E-state index in [1.54, 1.807) is 0 Å². The average molecular weight is 336 g/mol. The van der Waals surface area contributed by atoms with Gasteiger partial charge in [-0.05, 0) is 49.7 Å². The fraction of sp³-hybridized carbons (Fsp3) is 0.318. The maximum Gasteiger partial charge on any atom is 0.119 e. The van der Waals surface area contributed by atoms with E-state index in [-0.39, 0.29) is 1.43 Å². The van der Waals surface area contributed by atoms with Crippen LogP contribution in [0.2, 0.25) is 0 Å². The summed E-state index contributed by atoms with van der Waals surface area (Å²) < 4.78 is 7.69. The van der Waals surface area contributed by atoms with Gasteiger partial charge in [-0.1, -0.05) is 38.5 Å². The molecule has 0 spiro atoms.